The zero-order valence-corrected chi connectivity index (χ0v) is 10.2. The van der Waals surface area contributed by atoms with E-state index in [0.717, 1.165) is 0 Å². The van der Waals surface area contributed by atoms with Gasteiger partial charge in [-0.05, 0) is 20.8 Å². The predicted octanol–water partition coefficient (Wildman–Crippen LogP) is 0.115. The Kier molecular flexibility index (Phi) is 5.77. The van der Waals surface area contributed by atoms with Crippen molar-refractivity contribution in [1.29, 1.82) is 5.26 Å². The molecule has 0 aliphatic carbocycles. The maximum absolute atomic E-state index is 11.2. The van der Waals surface area contributed by atoms with Gasteiger partial charge in [-0.2, -0.15) is 18.4 Å². The molecule has 0 aromatic rings. The van der Waals surface area contributed by atoms with Crippen LogP contribution in [0.4, 0.5) is 4.79 Å². The van der Waals surface area contributed by atoms with Crippen molar-refractivity contribution in [3.8, 4) is 6.07 Å². The first-order valence-electron chi connectivity index (χ1n) is 4.64. The molecule has 0 fully saturated rings. The standard InChI is InChI=1S/C8H15N3O4S/c1-6(2)15-8(12)11-16(13,14)10-5-7(3)4-9/h6-7,10H,5H2,1-3H3,(H,11,12). The van der Waals surface area contributed by atoms with Gasteiger partial charge in [-0.25, -0.2) is 9.52 Å². The lowest BCUT2D eigenvalue weighted by molar-refractivity contribution is 0.121. The Balaban J connectivity index is 4.16. The van der Waals surface area contributed by atoms with E-state index in [4.69, 9.17) is 5.26 Å². The maximum atomic E-state index is 11.2. The second-order valence-corrected chi connectivity index (χ2v) is 4.94. The molecular formula is C8H15N3O4S. The number of hydrogen-bond acceptors (Lipinski definition) is 5. The van der Waals surface area contributed by atoms with E-state index in [9.17, 15) is 13.2 Å². The third kappa shape index (κ3) is 7.03. The second kappa shape index (κ2) is 6.30. The summed E-state index contributed by atoms with van der Waals surface area (Å²) in [6.45, 7) is 4.67. The molecule has 1 atom stereocenters. The van der Waals surface area contributed by atoms with E-state index < -0.39 is 28.3 Å². The first-order valence-corrected chi connectivity index (χ1v) is 6.12. The molecule has 1 amide bonds. The molecule has 0 bridgehead atoms. The van der Waals surface area contributed by atoms with E-state index >= 15 is 0 Å². The Morgan fingerprint density at radius 3 is 2.44 bits per heavy atom. The molecule has 2 N–H and O–H groups in total. The van der Waals surface area contributed by atoms with Crippen molar-refractivity contribution in [3.05, 3.63) is 0 Å². The van der Waals surface area contributed by atoms with Gasteiger partial charge in [0.1, 0.15) is 0 Å². The summed E-state index contributed by atoms with van der Waals surface area (Å²) in [5.41, 5.74) is 0. The molecule has 8 heteroatoms. The number of carbonyl (C=O) groups is 1. The minimum atomic E-state index is -3.96. The van der Waals surface area contributed by atoms with E-state index in [1.807, 2.05) is 6.07 Å². The first-order chi connectivity index (χ1) is 7.26. The van der Waals surface area contributed by atoms with Crippen LogP contribution in [-0.4, -0.2) is 27.2 Å². The Morgan fingerprint density at radius 2 is 2.00 bits per heavy atom. The molecule has 0 saturated carbocycles. The fourth-order valence-corrected chi connectivity index (χ4v) is 1.47. The minimum absolute atomic E-state index is 0.0687. The lowest BCUT2D eigenvalue weighted by Gasteiger charge is -2.11. The fraction of sp³-hybridized carbons (Fsp3) is 0.750. The van der Waals surface area contributed by atoms with E-state index in [1.165, 1.54) is 0 Å². The molecule has 0 heterocycles. The van der Waals surface area contributed by atoms with Gasteiger partial charge >= 0.3 is 16.3 Å². The molecule has 0 spiro atoms. The lowest BCUT2D eigenvalue weighted by Crippen LogP contribution is -2.42. The summed E-state index contributed by atoms with van der Waals surface area (Å²) in [5.74, 6) is -0.474. The van der Waals surface area contributed by atoms with E-state index in [2.05, 4.69) is 9.46 Å². The molecule has 0 aromatic carbocycles. The van der Waals surface area contributed by atoms with Crippen molar-refractivity contribution >= 4 is 16.3 Å². The highest BCUT2D eigenvalue weighted by atomic mass is 32.2. The molecule has 0 saturated heterocycles. The van der Waals surface area contributed by atoms with Gasteiger partial charge in [-0.1, -0.05) is 0 Å². The normalized spacial score (nSPS) is 12.9. The van der Waals surface area contributed by atoms with Crippen molar-refractivity contribution in [2.45, 2.75) is 26.9 Å². The molecule has 1 unspecified atom stereocenters. The molecule has 92 valence electrons. The molecular weight excluding hydrogens is 234 g/mol. The Bertz CT molecular complexity index is 371. The Morgan fingerprint density at radius 1 is 1.44 bits per heavy atom. The van der Waals surface area contributed by atoms with Crippen molar-refractivity contribution in [2.24, 2.45) is 5.92 Å². The number of carbonyl (C=O) groups excluding carboxylic acids is 1. The fourth-order valence-electron chi connectivity index (χ4n) is 0.664. The smallest absolute Gasteiger partial charge is 0.422 e. The van der Waals surface area contributed by atoms with Gasteiger partial charge in [0.05, 0.1) is 18.1 Å². The van der Waals surface area contributed by atoms with Crippen LogP contribution in [0.15, 0.2) is 0 Å². The quantitative estimate of drug-likeness (QED) is 0.719. The predicted molar refractivity (Wildman–Crippen MR) is 56.5 cm³/mol. The topological polar surface area (TPSA) is 108 Å². The molecule has 16 heavy (non-hydrogen) atoms. The summed E-state index contributed by atoms with van der Waals surface area (Å²) in [4.78, 5) is 11.0. The second-order valence-electron chi connectivity index (χ2n) is 3.44. The van der Waals surface area contributed by atoms with Crippen molar-refractivity contribution in [2.75, 3.05) is 6.54 Å². The van der Waals surface area contributed by atoms with E-state index in [-0.39, 0.29) is 6.54 Å². The van der Waals surface area contributed by atoms with E-state index in [1.54, 1.807) is 25.5 Å². The highest BCUT2D eigenvalue weighted by Crippen LogP contribution is 1.92. The number of ether oxygens (including phenoxy) is 1. The van der Waals surface area contributed by atoms with Crippen LogP contribution >= 0.6 is 0 Å². The number of nitrogens with zero attached hydrogens (tertiary/aromatic N) is 1. The molecule has 0 radical (unpaired) electrons. The van der Waals surface area contributed by atoms with Crippen molar-refractivity contribution in [1.82, 2.24) is 9.44 Å². The summed E-state index contributed by atoms with van der Waals surface area (Å²) in [7, 11) is -3.96. The highest BCUT2D eigenvalue weighted by Gasteiger charge is 2.16. The van der Waals surface area contributed by atoms with Gasteiger partial charge in [-0.3, -0.25) is 0 Å². The van der Waals surface area contributed by atoms with Crippen LogP contribution in [-0.2, 0) is 14.9 Å². The zero-order valence-electron chi connectivity index (χ0n) is 9.35. The van der Waals surface area contributed by atoms with Crippen LogP contribution in [0, 0.1) is 17.2 Å². The van der Waals surface area contributed by atoms with Crippen LogP contribution in [0.1, 0.15) is 20.8 Å². The largest absolute Gasteiger partial charge is 0.446 e. The summed E-state index contributed by atoms with van der Waals surface area (Å²) in [6, 6.07) is 1.85. The SMILES string of the molecule is CC(C#N)CNS(=O)(=O)NC(=O)OC(C)C. The van der Waals surface area contributed by atoms with Gasteiger partial charge in [0.2, 0.25) is 0 Å². The summed E-state index contributed by atoms with van der Waals surface area (Å²) in [5, 5.41) is 8.44. The number of nitriles is 1. The first kappa shape index (κ1) is 14.7. The van der Waals surface area contributed by atoms with Crippen LogP contribution in [0.2, 0.25) is 0 Å². The van der Waals surface area contributed by atoms with E-state index in [0.29, 0.717) is 0 Å². The Hall–Kier alpha value is -1.33. The maximum Gasteiger partial charge on any atom is 0.422 e. The number of hydrogen-bond donors (Lipinski definition) is 2. The summed E-state index contributed by atoms with van der Waals surface area (Å²) < 4.78 is 30.7. The average Bonchev–Trinajstić information content (AvgIpc) is 2.11. The molecule has 7 nitrogen and oxygen atoms in total. The zero-order chi connectivity index (χ0) is 12.8. The van der Waals surface area contributed by atoms with Gasteiger partial charge in [-0.15, -0.1) is 0 Å². The summed E-state index contributed by atoms with van der Waals surface area (Å²) in [6.07, 6.45) is -1.46. The van der Waals surface area contributed by atoms with Crippen molar-refractivity contribution < 1.29 is 17.9 Å². The average molecular weight is 249 g/mol. The number of rotatable bonds is 5. The van der Waals surface area contributed by atoms with Crippen LogP contribution in [0.25, 0.3) is 0 Å². The van der Waals surface area contributed by atoms with Crippen LogP contribution < -0.4 is 9.44 Å². The van der Waals surface area contributed by atoms with Gasteiger partial charge < -0.3 is 4.74 Å². The number of nitrogens with one attached hydrogen (secondary N) is 2. The third-order valence-electron chi connectivity index (χ3n) is 1.36. The summed E-state index contributed by atoms with van der Waals surface area (Å²) >= 11 is 0. The van der Waals surface area contributed by atoms with Crippen LogP contribution in [0.5, 0.6) is 0 Å². The third-order valence-corrected chi connectivity index (χ3v) is 2.34. The Labute approximate surface area is 95.0 Å². The molecule has 0 aromatic heterocycles. The highest BCUT2D eigenvalue weighted by molar-refractivity contribution is 7.88. The molecule has 0 aliphatic rings. The monoisotopic (exact) mass is 249 g/mol. The van der Waals surface area contributed by atoms with Crippen molar-refractivity contribution in [3.63, 3.8) is 0 Å². The van der Waals surface area contributed by atoms with Gasteiger partial charge in [0, 0.05) is 6.54 Å². The van der Waals surface area contributed by atoms with Gasteiger partial charge in [0.15, 0.2) is 0 Å². The minimum Gasteiger partial charge on any atom is -0.446 e. The molecule has 0 aliphatic heterocycles. The van der Waals surface area contributed by atoms with Gasteiger partial charge in [0.25, 0.3) is 0 Å². The number of amides is 1. The molecule has 0 rings (SSSR count). The lowest BCUT2D eigenvalue weighted by atomic mass is 10.2. The van der Waals surface area contributed by atoms with Crippen LogP contribution in [0.3, 0.4) is 0 Å².